The first kappa shape index (κ1) is 17.0. The summed E-state index contributed by atoms with van der Waals surface area (Å²) in [6.45, 7) is 1.17. The number of amides is 2. The summed E-state index contributed by atoms with van der Waals surface area (Å²) in [6.07, 6.45) is 2.07. The first-order valence-electron chi connectivity index (χ1n) is 8.18. The number of carbonyl (C=O) groups is 2. The molecule has 2 aromatic carbocycles. The number of hydrogen-bond donors (Lipinski definition) is 2. The van der Waals surface area contributed by atoms with E-state index < -0.39 is 5.91 Å². The van der Waals surface area contributed by atoms with E-state index in [2.05, 4.69) is 5.32 Å². The molecule has 25 heavy (non-hydrogen) atoms. The third-order valence-electron chi connectivity index (χ3n) is 3.99. The van der Waals surface area contributed by atoms with Crippen molar-refractivity contribution in [3.63, 3.8) is 0 Å². The Hall–Kier alpha value is -2.86. The lowest BCUT2D eigenvalue weighted by Gasteiger charge is -2.14. The molecule has 6 nitrogen and oxygen atoms in total. The standard InChI is InChI=1S/C19H20N2O4/c20-18(22)13-5-3-6-14(11-13)21-19(23)16-8-1-2-9-17(16)25-12-15-7-4-10-24-15/h1-3,5-6,8-9,11,15H,4,7,10,12H2,(H2,20,22)(H,21,23). The van der Waals surface area contributed by atoms with Crippen molar-refractivity contribution in [2.24, 2.45) is 5.73 Å². The summed E-state index contributed by atoms with van der Waals surface area (Å²) >= 11 is 0. The molecule has 0 bridgehead atoms. The van der Waals surface area contributed by atoms with Crippen LogP contribution in [0, 0.1) is 0 Å². The van der Waals surface area contributed by atoms with E-state index in [0.717, 1.165) is 19.4 Å². The monoisotopic (exact) mass is 340 g/mol. The van der Waals surface area contributed by atoms with Gasteiger partial charge in [0.05, 0.1) is 11.7 Å². The Morgan fingerprint density at radius 1 is 1.20 bits per heavy atom. The van der Waals surface area contributed by atoms with Gasteiger partial charge in [-0.3, -0.25) is 9.59 Å². The van der Waals surface area contributed by atoms with Crippen molar-refractivity contribution in [1.29, 1.82) is 0 Å². The second-order valence-electron chi connectivity index (χ2n) is 5.84. The number of nitrogens with one attached hydrogen (secondary N) is 1. The number of carbonyl (C=O) groups excluding carboxylic acids is 2. The maximum Gasteiger partial charge on any atom is 0.259 e. The molecular weight excluding hydrogens is 320 g/mol. The van der Waals surface area contributed by atoms with Gasteiger partial charge in [0, 0.05) is 17.9 Å². The van der Waals surface area contributed by atoms with E-state index in [0.29, 0.717) is 29.2 Å². The SMILES string of the molecule is NC(=O)c1cccc(NC(=O)c2ccccc2OCC2CCCO2)c1. The fourth-order valence-corrected chi connectivity index (χ4v) is 2.69. The summed E-state index contributed by atoms with van der Waals surface area (Å²) in [6, 6.07) is 13.5. The molecule has 1 aliphatic heterocycles. The van der Waals surface area contributed by atoms with Crippen LogP contribution < -0.4 is 15.8 Å². The van der Waals surface area contributed by atoms with E-state index in [1.54, 1.807) is 36.4 Å². The van der Waals surface area contributed by atoms with Gasteiger partial charge in [-0.1, -0.05) is 18.2 Å². The molecule has 1 heterocycles. The summed E-state index contributed by atoms with van der Waals surface area (Å²) in [5.41, 5.74) is 6.52. The zero-order valence-electron chi connectivity index (χ0n) is 13.7. The second kappa shape index (κ2) is 7.81. The minimum Gasteiger partial charge on any atom is -0.490 e. The summed E-state index contributed by atoms with van der Waals surface area (Å²) in [7, 11) is 0. The van der Waals surface area contributed by atoms with Crippen LogP contribution in [0.1, 0.15) is 33.6 Å². The van der Waals surface area contributed by atoms with E-state index in [-0.39, 0.29) is 12.0 Å². The van der Waals surface area contributed by atoms with Crippen LogP contribution in [0.15, 0.2) is 48.5 Å². The molecule has 1 aliphatic rings. The number of nitrogens with two attached hydrogens (primary N) is 1. The Kier molecular flexibility index (Phi) is 5.30. The molecule has 1 fully saturated rings. The summed E-state index contributed by atoms with van der Waals surface area (Å²) in [4.78, 5) is 23.8. The highest BCUT2D eigenvalue weighted by atomic mass is 16.5. The van der Waals surface area contributed by atoms with Crippen LogP contribution in [0.3, 0.4) is 0 Å². The molecule has 0 aliphatic carbocycles. The number of rotatable bonds is 6. The minimum atomic E-state index is -0.545. The fourth-order valence-electron chi connectivity index (χ4n) is 2.69. The molecule has 0 saturated carbocycles. The molecule has 2 aromatic rings. The normalized spacial score (nSPS) is 16.4. The zero-order chi connectivity index (χ0) is 17.6. The van der Waals surface area contributed by atoms with Gasteiger partial charge >= 0.3 is 0 Å². The van der Waals surface area contributed by atoms with Crippen molar-refractivity contribution in [3.05, 3.63) is 59.7 Å². The Balaban J connectivity index is 1.71. The van der Waals surface area contributed by atoms with E-state index >= 15 is 0 Å². The third kappa shape index (κ3) is 4.36. The van der Waals surface area contributed by atoms with Crippen LogP contribution in [0.5, 0.6) is 5.75 Å². The summed E-state index contributed by atoms with van der Waals surface area (Å²) in [5, 5.41) is 2.76. The fraction of sp³-hybridized carbons (Fsp3) is 0.263. The molecule has 2 amide bonds. The molecular formula is C19H20N2O4. The lowest BCUT2D eigenvalue weighted by atomic mass is 10.1. The zero-order valence-corrected chi connectivity index (χ0v) is 13.7. The number of hydrogen-bond acceptors (Lipinski definition) is 4. The maximum atomic E-state index is 12.6. The quantitative estimate of drug-likeness (QED) is 0.846. The number of ether oxygens (including phenoxy) is 2. The second-order valence-corrected chi connectivity index (χ2v) is 5.84. The van der Waals surface area contributed by atoms with Gasteiger partial charge in [0.2, 0.25) is 5.91 Å². The van der Waals surface area contributed by atoms with Crippen molar-refractivity contribution in [3.8, 4) is 5.75 Å². The van der Waals surface area contributed by atoms with Gasteiger partial charge in [0.15, 0.2) is 0 Å². The van der Waals surface area contributed by atoms with Crippen LogP contribution in [0.2, 0.25) is 0 Å². The van der Waals surface area contributed by atoms with Gasteiger partial charge < -0.3 is 20.5 Å². The molecule has 3 N–H and O–H groups in total. The number of anilines is 1. The average Bonchev–Trinajstić information content (AvgIpc) is 3.14. The molecule has 1 unspecified atom stereocenters. The van der Waals surface area contributed by atoms with Crippen LogP contribution in [-0.4, -0.2) is 31.1 Å². The Bertz CT molecular complexity index is 770. The molecule has 0 aromatic heterocycles. The molecule has 0 spiro atoms. The maximum absolute atomic E-state index is 12.6. The largest absolute Gasteiger partial charge is 0.490 e. The predicted molar refractivity (Wildman–Crippen MR) is 93.8 cm³/mol. The van der Waals surface area contributed by atoms with E-state index in [1.807, 2.05) is 6.07 Å². The van der Waals surface area contributed by atoms with Crippen molar-refractivity contribution in [2.75, 3.05) is 18.5 Å². The molecule has 6 heteroatoms. The van der Waals surface area contributed by atoms with Gasteiger partial charge in [-0.15, -0.1) is 0 Å². The van der Waals surface area contributed by atoms with Crippen LogP contribution in [0.25, 0.3) is 0 Å². The van der Waals surface area contributed by atoms with Gasteiger partial charge in [-0.25, -0.2) is 0 Å². The topological polar surface area (TPSA) is 90.7 Å². The molecule has 0 radical (unpaired) electrons. The molecule has 1 saturated heterocycles. The molecule has 1 atom stereocenters. The Morgan fingerprint density at radius 2 is 2.04 bits per heavy atom. The average molecular weight is 340 g/mol. The van der Waals surface area contributed by atoms with E-state index in [4.69, 9.17) is 15.2 Å². The van der Waals surface area contributed by atoms with Gasteiger partial charge in [0.1, 0.15) is 12.4 Å². The summed E-state index contributed by atoms with van der Waals surface area (Å²) in [5.74, 6) is -0.359. The molecule has 3 rings (SSSR count). The van der Waals surface area contributed by atoms with Crippen LogP contribution in [0.4, 0.5) is 5.69 Å². The van der Waals surface area contributed by atoms with Gasteiger partial charge in [-0.05, 0) is 43.2 Å². The number of para-hydroxylation sites is 1. The minimum absolute atomic E-state index is 0.0726. The van der Waals surface area contributed by atoms with Crippen molar-refractivity contribution in [1.82, 2.24) is 0 Å². The highest BCUT2D eigenvalue weighted by molar-refractivity contribution is 6.06. The van der Waals surface area contributed by atoms with Crippen LogP contribution >= 0.6 is 0 Å². The first-order chi connectivity index (χ1) is 12.1. The van der Waals surface area contributed by atoms with E-state index in [1.165, 1.54) is 6.07 Å². The number of benzene rings is 2. The third-order valence-corrected chi connectivity index (χ3v) is 3.99. The lowest BCUT2D eigenvalue weighted by Crippen LogP contribution is -2.19. The van der Waals surface area contributed by atoms with Crippen molar-refractivity contribution < 1.29 is 19.1 Å². The highest BCUT2D eigenvalue weighted by Crippen LogP contribution is 2.22. The van der Waals surface area contributed by atoms with Gasteiger partial charge in [0.25, 0.3) is 5.91 Å². The van der Waals surface area contributed by atoms with Crippen molar-refractivity contribution >= 4 is 17.5 Å². The first-order valence-corrected chi connectivity index (χ1v) is 8.18. The highest BCUT2D eigenvalue weighted by Gasteiger charge is 2.18. The number of primary amides is 1. The smallest absolute Gasteiger partial charge is 0.259 e. The predicted octanol–water partition coefficient (Wildman–Crippen LogP) is 2.60. The molecule has 130 valence electrons. The van der Waals surface area contributed by atoms with E-state index in [9.17, 15) is 9.59 Å². The Morgan fingerprint density at radius 3 is 2.80 bits per heavy atom. The Labute approximate surface area is 145 Å². The lowest BCUT2D eigenvalue weighted by molar-refractivity contribution is 0.0673. The summed E-state index contributed by atoms with van der Waals surface area (Å²) < 4.78 is 11.3. The van der Waals surface area contributed by atoms with Crippen molar-refractivity contribution in [2.45, 2.75) is 18.9 Å². The van der Waals surface area contributed by atoms with Crippen LogP contribution in [-0.2, 0) is 4.74 Å². The van der Waals surface area contributed by atoms with Gasteiger partial charge in [-0.2, -0.15) is 0 Å².